The fourth-order valence-corrected chi connectivity index (χ4v) is 0.907. The summed E-state index contributed by atoms with van der Waals surface area (Å²) in [7, 11) is 0. The third-order valence-corrected chi connectivity index (χ3v) is 1.53. The summed E-state index contributed by atoms with van der Waals surface area (Å²) in [5, 5.41) is 2.66. The Labute approximate surface area is 83.1 Å². The molecule has 1 rings (SSSR count). The van der Waals surface area contributed by atoms with E-state index in [4.69, 9.17) is 0 Å². The number of nitrogens with zero attached hydrogens (tertiary/aromatic N) is 2. The molecule has 4 nitrogen and oxygen atoms in total. The molecule has 0 aliphatic carbocycles. The first-order chi connectivity index (χ1) is 6.79. The van der Waals surface area contributed by atoms with Crippen LogP contribution in [-0.2, 0) is 4.79 Å². The van der Waals surface area contributed by atoms with Gasteiger partial charge in [-0.2, -0.15) is 0 Å². The van der Waals surface area contributed by atoms with Crippen LogP contribution in [-0.4, -0.2) is 30.2 Å². The standard InChI is InChI=1S/C10H13N3O/c1-9(14)12-7-6-11-8-10-4-2-3-5-13-10/h2-5,8H,6-7H2,1H3,(H,12,14). The van der Waals surface area contributed by atoms with Gasteiger partial charge >= 0.3 is 0 Å². The van der Waals surface area contributed by atoms with E-state index in [-0.39, 0.29) is 5.91 Å². The van der Waals surface area contributed by atoms with Crippen molar-refractivity contribution in [3.05, 3.63) is 30.1 Å². The van der Waals surface area contributed by atoms with Crippen LogP contribution in [0, 0.1) is 0 Å². The van der Waals surface area contributed by atoms with Crippen LogP contribution in [0.15, 0.2) is 29.4 Å². The van der Waals surface area contributed by atoms with Crippen molar-refractivity contribution in [3.8, 4) is 0 Å². The zero-order valence-corrected chi connectivity index (χ0v) is 8.10. The molecule has 0 aliphatic heterocycles. The molecule has 1 aromatic heterocycles. The second kappa shape index (κ2) is 5.85. The molecule has 0 aliphatic rings. The summed E-state index contributed by atoms with van der Waals surface area (Å²) in [6.45, 7) is 2.64. The highest BCUT2D eigenvalue weighted by Crippen LogP contribution is 1.87. The summed E-state index contributed by atoms with van der Waals surface area (Å²) < 4.78 is 0. The number of aliphatic imine (C=N–C) groups is 1. The van der Waals surface area contributed by atoms with Gasteiger partial charge in [-0.25, -0.2) is 0 Å². The van der Waals surface area contributed by atoms with Crippen LogP contribution < -0.4 is 5.32 Å². The van der Waals surface area contributed by atoms with E-state index in [2.05, 4.69) is 15.3 Å². The van der Waals surface area contributed by atoms with Gasteiger partial charge < -0.3 is 5.32 Å². The second-order valence-corrected chi connectivity index (χ2v) is 2.77. The highest BCUT2D eigenvalue weighted by atomic mass is 16.1. The Morgan fingerprint density at radius 1 is 1.64 bits per heavy atom. The van der Waals surface area contributed by atoms with Crippen molar-refractivity contribution in [2.45, 2.75) is 6.92 Å². The van der Waals surface area contributed by atoms with Gasteiger partial charge in [0.25, 0.3) is 0 Å². The smallest absolute Gasteiger partial charge is 0.216 e. The van der Waals surface area contributed by atoms with Crippen LogP contribution >= 0.6 is 0 Å². The normalized spacial score (nSPS) is 10.4. The third kappa shape index (κ3) is 4.35. The van der Waals surface area contributed by atoms with Crippen LogP contribution in [0.25, 0.3) is 0 Å². The lowest BCUT2D eigenvalue weighted by atomic mass is 10.4. The van der Waals surface area contributed by atoms with Crippen molar-refractivity contribution in [1.29, 1.82) is 0 Å². The zero-order chi connectivity index (χ0) is 10.2. The highest BCUT2D eigenvalue weighted by Gasteiger charge is 1.88. The molecule has 1 amide bonds. The van der Waals surface area contributed by atoms with E-state index < -0.39 is 0 Å². The van der Waals surface area contributed by atoms with Crippen LogP contribution in [0.5, 0.6) is 0 Å². The second-order valence-electron chi connectivity index (χ2n) is 2.77. The molecule has 0 spiro atoms. The number of nitrogens with one attached hydrogen (secondary N) is 1. The number of pyridine rings is 1. The predicted octanol–water partition coefficient (Wildman–Crippen LogP) is 0.637. The maximum Gasteiger partial charge on any atom is 0.216 e. The van der Waals surface area contributed by atoms with E-state index in [0.717, 1.165) is 5.69 Å². The van der Waals surface area contributed by atoms with Gasteiger partial charge in [0.1, 0.15) is 0 Å². The van der Waals surface area contributed by atoms with Gasteiger partial charge in [-0.05, 0) is 12.1 Å². The Bertz CT molecular complexity index is 308. The fourth-order valence-electron chi connectivity index (χ4n) is 0.907. The van der Waals surface area contributed by atoms with E-state index >= 15 is 0 Å². The van der Waals surface area contributed by atoms with E-state index in [0.29, 0.717) is 13.1 Å². The Balaban J connectivity index is 2.25. The number of amides is 1. The molecule has 0 saturated heterocycles. The summed E-state index contributed by atoms with van der Waals surface area (Å²) in [6.07, 6.45) is 3.41. The van der Waals surface area contributed by atoms with Gasteiger partial charge in [-0.1, -0.05) is 6.07 Å². The molecule has 1 heterocycles. The minimum absolute atomic E-state index is 0.0296. The summed E-state index contributed by atoms with van der Waals surface area (Å²) in [5.74, 6) is -0.0296. The maximum absolute atomic E-state index is 10.5. The molecular formula is C10H13N3O. The first kappa shape index (κ1) is 10.4. The number of carbonyl (C=O) groups is 1. The summed E-state index contributed by atoms with van der Waals surface area (Å²) in [6, 6.07) is 5.64. The highest BCUT2D eigenvalue weighted by molar-refractivity contribution is 5.76. The quantitative estimate of drug-likeness (QED) is 0.560. The molecule has 0 unspecified atom stereocenters. The van der Waals surface area contributed by atoms with E-state index in [1.165, 1.54) is 6.92 Å². The molecule has 0 radical (unpaired) electrons. The van der Waals surface area contributed by atoms with Gasteiger partial charge in [-0.3, -0.25) is 14.8 Å². The van der Waals surface area contributed by atoms with Crippen LogP contribution in [0.1, 0.15) is 12.6 Å². The molecule has 0 saturated carbocycles. The Morgan fingerprint density at radius 2 is 2.50 bits per heavy atom. The summed E-state index contributed by atoms with van der Waals surface area (Å²) in [5.41, 5.74) is 0.829. The maximum atomic E-state index is 10.5. The van der Waals surface area contributed by atoms with Crippen LogP contribution in [0.2, 0.25) is 0 Å². The molecule has 4 heteroatoms. The topological polar surface area (TPSA) is 54.4 Å². The molecule has 14 heavy (non-hydrogen) atoms. The van der Waals surface area contributed by atoms with Gasteiger partial charge in [-0.15, -0.1) is 0 Å². The van der Waals surface area contributed by atoms with Crippen molar-refractivity contribution in [1.82, 2.24) is 10.3 Å². The van der Waals surface area contributed by atoms with E-state index in [9.17, 15) is 4.79 Å². The number of hydrogen-bond acceptors (Lipinski definition) is 3. The largest absolute Gasteiger partial charge is 0.354 e. The molecule has 1 aromatic rings. The SMILES string of the molecule is CC(=O)NCCN=Cc1ccccn1. The number of carbonyl (C=O) groups excluding carboxylic acids is 1. The lowest BCUT2D eigenvalue weighted by Crippen LogP contribution is -2.22. The number of aromatic nitrogens is 1. The van der Waals surface area contributed by atoms with Gasteiger partial charge in [0, 0.05) is 25.9 Å². The Morgan fingerprint density at radius 3 is 3.14 bits per heavy atom. The Kier molecular flexibility index (Phi) is 4.34. The average molecular weight is 191 g/mol. The predicted molar refractivity (Wildman–Crippen MR) is 55.4 cm³/mol. The van der Waals surface area contributed by atoms with Gasteiger partial charge in [0.15, 0.2) is 0 Å². The van der Waals surface area contributed by atoms with Crippen molar-refractivity contribution in [2.24, 2.45) is 4.99 Å². The molecule has 0 aromatic carbocycles. The molecule has 0 atom stereocenters. The number of hydrogen-bond donors (Lipinski definition) is 1. The first-order valence-corrected chi connectivity index (χ1v) is 4.44. The average Bonchev–Trinajstić information content (AvgIpc) is 2.18. The molecular weight excluding hydrogens is 178 g/mol. The molecule has 1 N–H and O–H groups in total. The van der Waals surface area contributed by atoms with Gasteiger partial charge in [0.05, 0.1) is 12.2 Å². The Hall–Kier alpha value is -1.71. The van der Waals surface area contributed by atoms with Crippen molar-refractivity contribution >= 4 is 12.1 Å². The van der Waals surface area contributed by atoms with Gasteiger partial charge in [0.2, 0.25) is 5.91 Å². The summed E-state index contributed by atoms with van der Waals surface area (Å²) in [4.78, 5) is 18.7. The van der Waals surface area contributed by atoms with Crippen molar-refractivity contribution in [2.75, 3.05) is 13.1 Å². The third-order valence-electron chi connectivity index (χ3n) is 1.53. The lowest BCUT2D eigenvalue weighted by molar-refractivity contribution is -0.118. The van der Waals surface area contributed by atoms with E-state index in [1.807, 2.05) is 18.2 Å². The van der Waals surface area contributed by atoms with Crippen molar-refractivity contribution in [3.63, 3.8) is 0 Å². The zero-order valence-electron chi connectivity index (χ0n) is 8.10. The first-order valence-electron chi connectivity index (χ1n) is 4.44. The fraction of sp³-hybridized carbons (Fsp3) is 0.300. The minimum Gasteiger partial charge on any atom is -0.354 e. The minimum atomic E-state index is -0.0296. The molecule has 0 fully saturated rings. The monoisotopic (exact) mass is 191 g/mol. The van der Waals surface area contributed by atoms with E-state index in [1.54, 1.807) is 12.4 Å². The van der Waals surface area contributed by atoms with Crippen molar-refractivity contribution < 1.29 is 4.79 Å². The molecule has 74 valence electrons. The van der Waals surface area contributed by atoms with Crippen LogP contribution in [0.4, 0.5) is 0 Å². The summed E-state index contributed by atoms with van der Waals surface area (Å²) >= 11 is 0. The van der Waals surface area contributed by atoms with Crippen LogP contribution in [0.3, 0.4) is 0 Å². The number of rotatable bonds is 4. The lowest BCUT2D eigenvalue weighted by Gasteiger charge is -1.96. The molecule has 0 bridgehead atoms.